The summed E-state index contributed by atoms with van der Waals surface area (Å²) in [5.74, 6) is 0.491. The van der Waals surface area contributed by atoms with Crippen LogP contribution >= 0.6 is 0 Å². The van der Waals surface area contributed by atoms with Gasteiger partial charge < -0.3 is 10.0 Å². The molecule has 2 rings (SSSR count). The van der Waals surface area contributed by atoms with Gasteiger partial charge in [0.15, 0.2) is 5.82 Å². The largest absolute Gasteiger partial charge is 0.388 e. The zero-order chi connectivity index (χ0) is 9.80. The molecule has 4 heteroatoms. The summed E-state index contributed by atoms with van der Waals surface area (Å²) < 4.78 is 0. The third kappa shape index (κ3) is 2.01. The molecule has 1 aliphatic heterocycles. The molecule has 1 N–H and O–H groups in total. The Morgan fingerprint density at radius 1 is 1.14 bits per heavy atom. The minimum atomic E-state index is -0.0831. The molecule has 0 atom stereocenters. The Kier molecular flexibility index (Phi) is 2.93. The van der Waals surface area contributed by atoms with E-state index in [4.69, 9.17) is 5.11 Å². The molecule has 0 bridgehead atoms. The highest BCUT2D eigenvalue weighted by atomic mass is 16.3. The quantitative estimate of drug-likeness (QED) is 0.760. The molecule has 14 heavy (non-hydrogen) atoms. The number of nitrogens with zero attached hydrogens (tertiary/aromatic N) is 3. The van der Waals surface area contributed by atoms with Crippen molar-refractivity contribution in [3.05, 3.63) is 18.2 Å². The number of rotatable bonds is 2. The molecule has 1 saturated heterocycles. The normalized spacial score (nSPS) is 17.1. The lowest BCUT2D eigenvalue weighted by atomic mass is 10.1. The molecule has 76 valence electrons. The summed E-state index contributed by atoms with van der Waals surface area (Å²) in [5.41, 5.74) is 1.07. The molecular weight excluding hydrogens is 178 g/mol. The molecule has 1 aromatic heterocycles. The SMILES string of the molecule is OCc1ncc(N2CCCCC2)cn1. The first-order valence-electron chi connectivity index (χ1n) is 5.07. The summed E-state index contributed by atoms with van der Waals surface area (Å²) in [6.45, 7) is 2.12. The van der Waals surface area contributed by atoms with E-state index in [1.54, 1.807) is 12.4 Å². The van der Waals surface area contributed by atoms with E-state index in [2.05, 4.69) is 14.9 Å². The highest BCUT2D eigenvalue weighted by Crippen LogP contribution is 2.17. The fraction of sp³-hybridized carbons (Fsp3) is 0.600. The zero-order valence-corrected chi connectivity index (χ0v) is 8.19. The molecule has 1 aliphatic rings. The van der Waals surface area contributed by atoms with E-state index in [1.165, 1.54) is 19.3 Å². The summed E-state index contributed by atoms with van der Waals surface area (Å²) in [5, 5.41) is 8.80. The van der Waals surface area contributed by atoms with Crippen LogP contribution in [0.15, 0.2) is 12.4 Å². The van der Waals surface area contributed by atoms with Crippen molar-refractivity contribution in [3.63, 3.8) is 0 Å². The lowest BCUT2D eigenvalue weighted by molar-refractivity contribution is 0.271. The predicted octanol–water partition coefficient (Wildman–Crippen LogP) is 0.959. The van der Waals surface area contributed by atoms with Gasteiger partial charge in [0.1, 0.15) is 6.61 Å². The number of anilines is 1. The van der Waals surface area contributed by atoms with Crippen molar-refractivity contribution in [1.82, 2.24) is 9.97 Å². The molecule has 0 aliphatic carbocycles. The first-order chi connectivity index (χ1) is 6.90. The first-order valence-corrected chi connectivity index (χ1v) is 5.07. The van der Waals surface area contributed by atoms with Crippen LogP contribution in [0.5, 0.6) is 0 Å². The molecular formula is C10H15N3O. The summed E-state index contributed by atoms with van der Waals surface area (Å²) >= 11 is 0. The fourth-order valence-corrected chi connectivity index (χ4v) is 1.75. The lowest BCUT2D eigenvalue weighted by Gasteiger charge is -2.28. The smallest absolute Gasteiger partial charge is 0.153 e. The van der Waals surface area contributed by atoms with Gasteiger partial charge in [-0.25, -0.2) is 9.97 Å². The van der Waals surface area contributed by atoms with Crippen LogP contribution in [0.1, 0.15) is 25.1 Å². The number of hydrogen-bond donors (Lipinski definition) is 1. The average molecular weight is 193 g/mol. The predicted molar refractivity (Wildman–Crippen MR) is 54.0 cm³/mol. The Hall–Kier alpha value is -1.16. The standard InChI is InChI=1S/C10H15N3O/c14-8-10-11-6-9(7-12-10)13-4-2-1-3-5-13/h6-7,14H,1-5,8H2. The highest BCUT2D eigenvalue weighted by Gasteiger charge is 2.11. The van der Waals surface area contributed by atoms with Crippen LogP contribution in [0.4, 0.5) is 5.69 Å². The van der Waals surface area contributed by atoms with E-state index in [9.17, 15) is 0 Å². The Labute approximate surface area is 83.6 Å². The van der Waals surface area contributed by atoms with E-state index in [0.717, 1.165) is 18.8 Å². The van der Waals surface area contributed by atoms with Crippen LogP contribution in [-0.2, 0) is 6.61 Å². The third-order valence-corrected chi connectivity index (χ3v) is 2.55. The summed E-state index contributed by atoms with van der Waals surface area (Å²) in [6.07, 6.45) is 7.42. The Bertz CT molecular complexity index is 280. The number of hydrogen-bond acceptors (Lipinski definition) is 4. The Morgan fingerprint density at radius 3 is 2.36 bits per heavy atom. The number of aromatic nitrogens is 2. The van der Waals surface area contributed by atoms with Crippen LogP contribution in [0.3, 0.4) is 0 Å². The van der Waals surface area contributed by atoms with Crippen molar-refractivity contribution < 1.29 is 5.11 Å². The monoisotopic (exact) mass is 193 g/mol. The molecule has 0 unspecified atom stereocenters. The van der Waals surface area contributed by atoms with Crippen LogP contribution in [0, 0.1) is 0 Å². The topological polar surface area (TPSA) is 49.3 Å². The van der Waals surface area contributed by atoms with Crippen LogP contribution < -0.4 is 4.90 Å². The molecule has 4 nitrogen and oxygen atoms in total. The van der Waals surface area contributed by atoms with Gasteiger partial charge in [0.25, 0.3) is 0 Å². The summed E-state index contributed by atoms with van der Waals surface area (Å²) in [7, 11) is 0. The van der Waals surface area contributed by atoms with E-state index < -0.39 is 0 Å². The summed E-state index contributed by atoms with van der Waals surface area (Å²) in [4.78, 5) is 10.4. The first kappa shape index (κ1) is 9.40. The van der Waals surface area contributed by atoms with Crippen molar-refractivity contribution in [1.29, 1.82) is 0 Å². The van der Waals surface area contributed by atoms with Gasteiger partial charge in [-0.3, -0.25) is 0 Å². The number of aliphatic hydroxyl groups excluding tert-OH is 1. The van der Waals surface area contributed by atoms with Crippen molar-refractivity contribution in [2.75, 3.05) is 18.0 Å². The fourth-order valence-electron chi connectivity index (χ4n) is 1.75. The van der Waals surface area contributed by atoms with E-state index in [-0.39, 0.29) is 6.61 Å². The molecule has 0 spiro atoms. The van der Waals surface area contributed by atoms with Crippen LogP contribution in [0.25, 0.3) is 0 Å². The van der Waals surface area contributed by atoms with Crippen molar-refractivity contribution in [2.45, 2.75) is 25.9 Å². The van der Waals surface area contributed by atoms with Gasteiger partial charge in [0, 0.05) is 13.1 Å². The van der Waals surface area contributed by atoms with Gasteiger partial charge >= 0.3 is 0 Å². The average Bonchev–Trinajstić information content (AvgIpc) is 2.30. The molecule has 2 heterocycles. The molecule has 0 aromatic carbocycles. The van der Waals surface area contributed by atoms with Crippen LogP contribution in [-0.4, -0.2) is 28.2 Å². The van der Waals surface area contributed by atoms with Crippen LogP contribution in [0.2, 0.25) is 0 Å². The minimum Gasteiger partial charge on any atom is -0.388 e. The molecule has 0 saturated carbocycles. The number of piperidine rings is 1. The summed E-state index contributed by atoms with van der Waals surface area (Å²) in [6, 6.07) is 0. The Morgan fingerprint density at radius 2 is 1.79 bits per heavy atom. The maximum Gasteiger partial charge on any atom is 0.153 e. The molecule has 1 aromatic rings. The number of aliphatic hydroxyl groups is 1. The molecule has 0 radical (unpaired) electrons. The van der Waals surface area contributed by atoms with Gasteiger partial charge in [-0.1, -0.05) is 0 Å². The second-order valence-electron chi connectivity index (χ2n) is 3.56. The van der Waals surface area contributed by atoms with Crippen molar-refractivity contribution in [3.8, 4) is 0 Å². The van der Waals surface area contributed by atoms with Gasteiger partial charge in [0.2, 0.25) is 0 Å². The van der Waals surface area contributed by atoms with Crippen molar-refractivity contribution >= 4 is 5.69 Å². The molecule has 0 amide bonds. The van der Waals surface area contributed by atoms with Crippen molar-refractivity contribution in [2.24, 2.45) is 0 Å². The van der Waals surface area contributed by atoms with Gasteiger partial charge in [0.05, 0.1) is 18.1 Å². The van der Waals surface area contributed by atoms with Gasteiger partial charge in [-0.2, -0.15) is 0 Å². The van der Waals surface area contributed by atoms with Gasteiger partial charge in [-0.05, 0) is 19.3 Å². The second kappa shape index (κ2) is 4.37. The van der Waals surface area contributed by atoms with E-state index >= 15 is 0 Å². The zero-order valence-electron chi connectivity index (χ0n) is 8.19. The molecule has 1 fully saturated rings. The van der Waals surface area contributed by atoms with Gasteiger partial charge in [-0.15, -0.1) is 0 Å². The maximum absolute atomic E-state index is 8.80. The lowest BCUT2D eigenvalue weighted by Crippen LogP contribution is -2.29. The second-order valence-corrected chi connectivity index (χ2v) is 3.56. The Balaban J connectivity index is 2.07. The third-order valence-electron chi connectivity index (χ3n) is 2.55. The van der Waals surface area contributed by atoms with E-state index in [0.29, 0.717) is 5.82 Å². The van der Waals surface area contributed by atoms with E-state index in [1.807, 2.05) is 0 Å². The highest BCUT2D eigenvalue weighted by molar-refractivity contribution is 5.42. The minimum absolute atomic E-state index is 0.0831. The maximum atomic E-state index is 8.80.